The van der Waals surface area contributed by atoms with Crippen molar-refractivity contribution in [3.8, 4) is 5.75 Å². The fourth-order valence-electron chi connectivity index (χ4n) is 4.91. The molecule has 2 aliphatic heterocycles. The van der Waals surface area contributed by atoms with Crippen LogP contribution in [0, 0.1) is 0 Å². The van der Waals surface area contributed by atoms with Crippen molar-refractivity contribution < 1.29 is 9.53 Å². The lowest BCUT2D eigenvalue weighted by molar-refractivity contribution is -0.120. The van der Waals surface area contributed by atoms with Gasteiger partial charge in [-0.3, -0.25) is 4.79 Å². The van der Waals surface area contributed by atoms with Crippen LogP contribution >= 0.6 is 0 Å². The van der Waals surface area contributed by atoms with Gasteiger partial charge in [0.2, 0.25) is 0 Å². The lowest BCUT2D eigenvalue weighted by Crippen LogP contribution is -2.33. The van der Waals surface area contributed by atoms with Gasteiger partial charge >= 0.3 is 0 Å². The summed E-state index contributed by atoms with van der Waals surface area (Å²) in [4.78, 5) is 22.0. The number of hydrogen-bond donors (Lipinski definition) is 0. The molecule has 3 aromatic carbocycles. The number of para-hydroxylation sites is 2. The monoisotopic (exact) mass is 435 g/mol. The Hall–Kier alpha value is -3.86. The quantitative estimate of drug-likeness (QED) is 0.463. The molecule has 0 saturated carbocycles. The number of amides is 1. The Morgan fingerprint density at radius 1 is 0.818 bits per heavy atom. The second-order valence-electron chi connectivity index (χ2n) is 8.65. The number of anilines is 2. The SMILES string of the molecule is O=C(COc1cccc2ccc(N3CCc4ccccc4C3)nc12)N1CCc2ccccc21. The van der Waals surface area contributed by atoms with Crippen molar-refractivity contribution in [3.05, 3.63) is 95.6 Å². The number of aromatic nitrogens is 1. The van der Waals surface area contributed by atoms with Gasteiger partial charge in [0.25, 0.3) is 5.91 Å². The first-order chi connectivity index (χ1) is 16.3. The Morgan fingerprint density at radius 3 is 2.52 bits per heavy atom. The topological polar surface area (TPSA) is 45.7 Å². The molecule has 1 aromatic heterocycles. The number of rotatable bonds is 4. The van der Waals surface area contributed by atoms with E-state index >= 15 is 0 Å². The molecule has 0 atom stereocenters. The van der Waals surface area contributed by atoms with Gasteiger partial charge in [-0.1, -0.05) is 54.6 Å². The maximum absolute atomic E-state index is 12.9. The zero-order valence-electron chi connectivity index (χ0n) is 18.4. The fourth-order valence-corrected chi connectivity index (χ4v) is 4.91. The van der Waals surface area contributed by atoms with E-state index in [9.17, 15) is 4.79 Å². The Labute approximate surface area is 193 Å². The van der Waals surface area contributed by atoms with Gasteiger partial charge in [0.15, 0.2) is 6.61 Å². The predicted molar refractivity (Wildman–Crippen MR) is 131 cm³/mol. The summed E-state index contributed by atoms with van der Waals surface area (Å²) in [5.74, 6) is 1.56. The van der Waals surface area contributed by atoms with Crippen molar-refractivity contribution in [2.45, 2.75) is 19.4 Å². The third-order valence-corrected chi connectivity index (χ3v) is 6.66. The standard InChI is InChI=1S/C28H25N3O2/c32-27(31-17-15-21-7-3-4-10-24(21)31)19-33-25-11-5-9-22-12-13-26(29-28(22)25)30-16-14-20-6-1-2-8-23(20)18-30/h1-13H,14-19H2. The normalized spacial score (nSPS) is 14.8. The Kier molecular flexibility index (Phi) is 4.95. The molecule has 0 saturated heterocycles. The number of ether oxygens (including phenoxy) is 1. The number of carbonyl (C=O) groups is 1. The van der Waals surface area contributed by atoms with Crippen LogP contribution in [0.3, 0.4) is 0 Å². The molecule has 0 aliphatic carbocycles. The number of nitrogens with zero attached hydrogens (tertiary/aromatic N) is 3. The molecular weight excluding hydrogens is 410 g/mol. The molecule has 2 aliphatic rings. The van der Waals surface area contributed by atoms with Crippen LogP contribution in [-0.4, -0.2) is 30.6 Å². The zero-order chi connectivity index (χ0) is 22.2. The predicted octanol–water partition coefficient (Wildman–Crippen LogP) is 4.77. The van der Waals surface area contributed by atoms with Crippen LogP contribution in [0.1, 0.15) is 16.7 Å². The van der Waals surface area contributed by atoms with E-state index in [-0.39, 0.29) is 12.5 Å². The van der Waals surface area contributed by atoms with E-state index in [4.69, 9.17) is 9.72 Å². The molecule has 0 N–H and O–H groups in total. The third-order valence-electron chi connectivity index (χ3n) is 6.66. The average molecular weight is 436 g/mol. The molecule has 0 spiro atoms. The highest BCUT2D eigenvalue weighted by Gasteiger charge is 2.24. The fraction of sp³-hybridized carbons (Fsp3) is 0.214. The molecule has 4 aromatic rings. The molecule has 1 amide bonds. The van der Waals surface area contributed by atoms with Crippen LogP contribution in [0.25, 0.3) is 10.9 Å². The lowest BCUT2D eigenvalue weighted by atomic mass is 10.00. The van der Waals surface area contributed by atoms with Crippen molar-refractivity contribution in [1.29, 1.82) is 0 Å². The molecule has 0 unspecified atom stereocenters. The average Bonchev–Trinajstić information content (AvgIpc) is 3.31. The highest BCUT2D eigenvalue weighted by molar-refractivity contribution is 5.96. The Bertz CT molecular complexity index is 1350. The van der Waals surface area contributed by atoms with Gasteiger partial charge in [-0.25, -0.2) is 4.98 Å². The van der Waals surface area contributed by atoms with E-state index in [0.29, 0.717) is 12.3 Å². The number of fused-ring (bicyclic) bond motifs is 3. The van der Waals surface area contributed by atoms with Gasteiger partial charge in [0.1, 0.15) is 17.1 Å². The largest absolute Gasteiger partial charge is 0.481 e. The Balaban J connectivity index is 1.23. The molecule has 33 heavy (non-hydrogen) atoms. The van der Waals surface area contributed by atoms with Gasteiger partial charge in [-0.05, 0) is 53.8 Å². The van der Waals surface area contributed by atoms with E-state index in [1.165, 1.54) is 16.7 Å². The summed E-state index contributed by atoms with van der Waals surface area (Å²) in [6.07, 6.45) is 1.90. The second-order valence-corrected chi connectivity index (χ2v) is 8.65. The third kappa shape index (κ3) is 3.69. The van der Waals surface area contributed by atoms with E-state index in [1.807, 2.05) is 41.3 Å². The molecule has 0 radical (unpaired) electrons. The summed E-state index contributed by atoms with van der Waals surface area (Å²) in [7, 11) is 0. The maximum Gasteiger partial charge on any atom is 0.264 e. The molecule has 0 fully saturated rings. The summed E-state index contributed by atoms with van der Waals surface area (Å²) in [5, 5.41) is 1.01. The lowest BCUT2D eigenvalue weighted by Gasteiger charge is -2.30. The minimum atomic E-state index is -0.0271. The van der Waals surface area contributed by atoms with Crippen molar-refractivity contribution in [2.75, 3.05) is 29.5 Å². The smallest absolute Gasteiger partial charge is 0.264 e. The maximum atomic E-state index is 12.9. The Morgan fingerprint density at radius 2 is 1.61 bits per heavy atom. The van der Waals surface area contributed by atoms with Gasteiger partial charge in [-0.2, -0.15) is 0 Å². The highest BCUT2D eigenvalue weighted by atomic mass is 16.5. The van der Waals surface area contributed by atoms with Gasteiger partial charge in [0.05, 0.1) is 0 Å². The van der Waals surface area contributed by atoms with Crippen molar-refractivity contribution in [3.63, 3.8) is 0 Å². The summed E-state index contributed by atoms with van der Waals surface area (Å²) >= 11 is 0. The first-order valence-corrected chi connectivity index (χ1v) is 11.5. The molecule has 5 heteroatoms. The van der Waals surface area contributed by atoms with Crippen molar-refractivity contribution >= 4 is 28.3 Å². The van der Waals surface area contributed by atoms with Crippen LogP contribution in [0.15, 0.2) is 78.9 Å². The number of hydrogen-bond acceptors (Lipinski definition) is 4. The van der Waals surface area contributed by atoms with Crippen LogP contribution < -0.4 is 14.5 Å². The molecule has 164 valence electrons. The molecule has 6 rings (SSSR count). The van der Waals surface area contributed by atoms with E-state index in [1.54, 1.807) is 0 Å². The van der Waals surface area contributed by atoms with E-state index in [2.05, 4.69) is 47.4 Å². The van der Waals surface area contributed by atoms with Gasteiger partial charge in [0, 0.05) is 30.7 Å². The van der Waals surface area contributed by atoms with Crippen molar-refractivity contribution in [2.24, 2.45) is 0 Å². The highest BCUT2D eigenvalue weighted by Crippen LogP contribution is 2.30. The molecule has 3 heterocycles. The van der Waals surface area contributed by atoms with E-state index in [0.717, 1.165) is 48.3 Å². The zero-order valence-corrected chi connectivity index (χ0v) is 18.4. The second kappa shape index (κ2) is 8.24. The van der Waals surface area contributed by atoms with Crippen LogP contribution in [0.2, 0.25) is 0 Å². The van der Waals surface area contributed by atoms with Crippen LogP contribution in [0.4, 0.5) is 11.5 Å². The van der Waals surface area contributed by atoms with Gasteiger partial charge < -0.3 is 14.5 Å². The molecule has 0 bridgehead atoms. The number of pyridine rings is 1. The van der Waals surface area contributed by atoms with E-state index < -0.39 is 0 Å². The summed E-state index contributed by atoms with van der Waals surface area (Å²) in [6.45, 7) is 2.49. The summed E-state index contributed by atoms with van der Waals surface area (Å²) < 4.78 is 6.03. The first-order valence-electron chi connectivity index (χ1n) is 11.5. The summed E-state index contributed by atoms with van der Waals surface area (Å²) in [6, 6.07) is 26.7. The molecular formula is C28H25N3O2. The van der Waals surface area contributed by atoms with Crippen LogP contribution in [0.5, 0.6) is 5.75 Å². The molecule has 5 nitrogen and oxygen atoms in total. The summed E-state index contributed by atoms with van der Waals surface area (Å²) in [5.41, 5.74) is 5.77. The minimum absolute atomic E-state index is 0.00353. The number of benzene rings is 3. The first kappa shape index (κ1) is 19.8. The van der Waals surface area contributed by atoms with Gasteiger partial charge in [-0.15, -0.1) is 0 Å². The number of carbonyl (C=O) groups excluding carboxylic acids is 1. The van der Waals surface area contributed by atoms with Crippen molar-refractivity contribution in [1.82, 2.24) is 4.98 Å². The minimum Gasteiger partial charge on any atom is -0.481 e. The van der Waals surface area contributed by atoms with Crippen LogP contribution in [-0.2, 0) is 24.2 Å².